The first-order valence-electron chi connectivity index (χ1n) is 5.15. The second-order valence-electron chi connectivity index (χ2n) is 5.21. The van der Waals surface area contributed by atoms with Crippen molar-refractivity contribution < 1.29 is 14.3 Å². The average molecular weight is 218 g/mol. The molecule has 0 aromatic carbocycles. The van der Waals surface area contributed by atoms with E-state index >= 15 is 0 Å². The van der Waals surface area contributed by atoms with Gasteiger partial charge in [-0.3, -0.25) is 0 Å². The third-order valence-corrected chi connectivity index (χ3v) is 2.79. The quantitative estimate of drug-likeness (QED) is 0.656. The maximum Gasteiger partial charge on any atom is 0.405 e. The van der Waals surface area contributed by atoms with E-state index in [9.17, 15) is 9.18 Å². The number of alkyl halides is 1. The molecule has 0 aromatic heterocycles. The molecule has 1 fully saturated rings. The Hall–Kier alpha value is -0.840. The maximum atomic E-state index is 14.4. The third-order valence-electron chi connectivity index (χ3n) is 2.79. The molecule has 1 aliphatic rings. The van der Waals surface area contributed by atoms with E-state index in [0.29, 0.717) is 13.0 Å². The third kappa shape index (κ3) is 2.81. The molecule has 0 saturated carbocycles. The van der Waals surface area contributed by atoms with Crippen LogP contribution < -0.4 is 10.6 Å². The molecular weight excluding hydrogens is 199 g/mol. The molecule has 0 radical (unpaired) electrons. The second kappa shape index (κ2) is 3.96. The van der Waals surface area contributed by atoms with E-state index in [-0.39, 0.29) is 6.54 Å². The van der Waals surface area contributed by atoms with Crippen LogP contribution in [0.3, 0.4) is 0 Å². The molecule has 2 unspecified atom stereocenters. The van der Waals surface area contributed by atoms with Crippen molar-refractivity contribution in [2.24, 2.45) is 5.41 Å². The summed E-state index contributed by atoms with van der Waals surface area (Å²) in [5, 5.41) is 14.0. The SMILES string of the molecule is CC(C)(C)C(NC(=O)O)C1(F)CCNC1. The van der Waals surface area contributed by atoms with Crippen molar-refractivity contribution in [1.29, 1.82) is 0 Å². The number of hydrogen-bond acceptors (Lipinski definition) is 2. The van der Waals surface area contributed by atoms with Crippen LogP contribution in [0.15, 0.2) is 0 Å². The highest BCUT2D eigenvalue weighted by atomic mass is 19.1. The lowest BCUT2D eigenvalue weighted by Gasteiger charge is -2.38. The fourth-order valence-corrected chi connectivity index (χ4v) is 2.17. The molecule has 15 heavy (non-hydrogen) atoms. The summed E-state index contributed by atoms with van der Waals surface area (Å²) in [6, 6.07) is -0.683. The molecule has 0 bridgehead atoms. The monoisotopic (exact) mass is 218 g/mol. The Morgan fingerprint density at radius 3 is 2.53 bits per heavy atom. The van der Waals surface area contributed by atoms with E-state index in [1.807, 2.05) is 20.8 Å². The van der Waals surface area contributed by atoms with Crippen LogP contribution in [-0.2, 0) is 0 Å². The zero-order valence-electron chi connectivity index (χ0n) is 9.43. The number of halogens is 1. The lowest BCUT2D eigenvalue weighted by atomic mass is 9.76. The Kier molecular flexibility index (Phi) is 3.23. The van der Waals surface area contributed by atoms with E-state index < -0.39 is 23.2 Å². The molecule has 1 aliphatic heterocycles. The van der Waals surface area contributed by atoms with E-state index in [2.05, 4.69) is 10.6 Å². The molecule has 3 N–H and O–H groups in total. The number of hydrogen-bond donors (Lipinski definition) is 3. The van der Waals surface area contributed by atoms with Gasteiger partial charge in [0.25, 0.3) is 0 Å². The molecule has 5 heteroatoms. The topological polar surface area (TPSA) is 61.4 Å². The van der Waals surface area contributed by atoms with Gasteiger partial charge in [-0.2, -0.15) is 0 Å². The molecule has 0 aliphatic carbocycles. The van der Waals surface area contributed by atoms with Crippen molar-refractivity contribution in [2.45, 2.75) is 38.9 Å². The van der Waals surface area contributed by atoms with Crippen molar-refractivity contribution in [2.75, 3.05) is 13.1 Å². The van der Waals surface area contributed by atoms with Crippen LogP contribution in [-0.4, -0.2) is 36.0 Å². The molecule has 1 amide bonds. The van der Waals surface area contributed by atoms with Crippen molar-refractivity contribution in [3.63, 3.8) is 0 Å². The van der Waals surface area contributed by atoms with Gasteiger partial charge in [0, 0.05) is 6.54 Å². The van der Waals surface area contributed by atoms with Gasteiger partial charge in [-0.1, -0.05) is 20.8 Å². The van der Waals surface area contributed by atoms with Crippen LogP contribution in [0.25, 0.3) is 0 Å². The second-order valence-corrected chi connectivity index (χ2v) is 5.21. The number of rotatable bonds is 2. The Morgan fingerprint density at radius 1 is 1.60 bits per heavy atom. The van der Waals surface area contributed by atoms with Crippen LogP contribution in [0.4, 0.5) is 9.18 Å². The van der Waals surface area contributed by atoms with Crippen molar-refractivity contribution in [3.8, 4) is 0 Å². The van der Waals surface area contributed by atoms with Crippen LogP contribution in [0, 0.1) is 5.41 Å². The van der Waals surface area contributed by atoms with Gasteiger partial charge in [0.05, 0.1) is 6.04 Å². The Balaban J connectivity index is 2.84. The van der Waals surface area contributed by atoms with E-state index in [0.717, 1.165) is 0 Å². The van der Waals surface area contributed by atoms with Crippen LogP contribution in [0.1, 0.15) is 27.2 Å². The lowest BCUT2D eigenvalue weighted by molar-refractivity contribution is 0.0596. The molecule has 1 rings (SSSR count). The van der Waals surface area contributed by atoms with Crippen molar-refractivity contribution in [1.82, 2.24) is 10.6 Å². The molecule has 0 aromatic rings. The normalized spacial score (nSPS) is 28.8. The largest absolute Gasteiger partial charge is 0.465 e. The highest BCUT2D eigenvalue weighted by Gasteiger charge is 2.48. The molecular formula is C10H19FN2O2. The van der Waals surface area contributed by atoms with Gasteiger partial charge in [-0.15, -0.1) is 0 Å². The van der Waals surface area contributed by atoms with Crippen molar-refractivity contribution >= 4 is 6.09 Å². The van der Waals surface area contributed by atoms with Gasteiger partial charge in [0.1, 0.15) is 5.67 Å². The summed E-state index contributed by atoms with van der Waals surface area (Å²) in [5.41, 5.74) is -1.91. The summed E-state index contributed by atoms with van der Waals surface area (Å²) < 4.78 is 14.4. The van der Waals surface area contributed by atoms with Gasteiger partial charge >= 0.3 is 6.09 Å². The predicted octanol–water partition coefficient (Wildman–Crippen LogP) is 1.37. The molecule has 1 saturated heterocycles. The summed E-state index contributed by atoms with van der Waals surface area (Å²) in [6.45, 7) is 6.34. The minimum Gasteiger partial charge on any atom is -0.465 e. The highest BCUT2D eigenvalue weighted by Crippen LogP contribution is 2.34. The summed E-state index contributed by atoms with van der Waals surface area (Å²) >= 11 is 0. The van der Waals surface area contributed by atoms with E-state index in [1.54, 1.807) is 0 Å². The number of amides is 1. The number of carbonyl (C=O) groups is 1. The fraction of sp³-hybridized carbons (Fsp3) is 0.900. The molecule has 2 atom stereocenters. The van der Waals surface area contributed by atoms with Gasteiger partial charge in [0.15, 0.2) is 0 Å². The molecule has 0 spiro atoms. The summed E-state index contributed by atoms with van der Waals surface area (Å²) in [5.74, 6) is 0. The number of carboxylic acid groups (broad SMARTS) is 1. The zero-order valence-corrected chi connectivity index (χ0v) is 9.43. The van der Waals surface area contributed by atoms with Crippen molar-refractivity contribution in [3.05, 3.63) is 0 Å². The summed E-state index contributed by atoms with van der Waals surface area (Å²) in [7, 11) is 0. The minimum atomic E-state index is -1.48. The number of nitrogens with one attached hydrogen (secondary N) is 2. The maximum absolute atomic E-state index is 14.4. The predicted molar refractivity (Wildman–Crippen MR) is 55.7 cm³/mol. The smallest absolute Gasteiger partial charge is 0.405 e. The Morgan fingerprint density at radius 2 is 2.20 bits per heavy atom. The van der Waals surface area contributed by atoms with Gasteiger partial charge in [-0.25, -0.2) is 9.18 Å². The Bertz CT molecular complexity index is 244. The van der Waals surface area contributed by atoms with Gasteiger partial charge in [-0.05, 0) is 18.4 Å². The average Bonchev–Trinajstić information content (AvgIpc) is 2.46. The minimum absolute atomic E-state index is 0.217. The molecule has 4 nitrogen and oxygen atoms in total. The molecule has 88 valence electrons. The zero-order chi connectivity index (χ0) is 11.7. The molecule has 1 heterocycles. The first-order valence-corrected chi connectivity index (χ1v) is 5.15. The van der Waals surface area contributed by atoms with Crippen LogP contribution in [0.2, 0.25) is 0 Å². The first-order chi connectivity index (χ1) is 6.76. The first kappa shape index (κ1) is 12.2. The fourth-order valence-electron chi connectivity index (χ4n) is 2.17. The highest BCUT2D eigenvalue weighted by molar-refractivity contribution is 5.65. The lowest BCUT2D eigenvalue weighted by Crippen LogP contribution is -2.57. The van der Waals surface area contributed by atoms with E-state index in [4.69, 9.17) is 5.11 Å². The summed E-state index contributed by atoms with van der Waals surface area (Å²) in [4.78, 5) is 10.7. The Labute approximate surface area is 89.2 Å². The van der Waals surface area contributed by atoms with Gasteiger partial charge in [0.2, 0.25) is 0 Å². The summed E-state index contributed by atoms with van der Waals surface area (Å²) in [6.07, 6.45) is -0.811. The van der Waals surface area contributed by atoms with Gasteiger partial charge < -0.3 is 15.7 Å². The van der Waals surface area contributed by atoms with E-state index in [1.165, 1.54) is 0 Å². The van der Waals surface area contributed by atoms with Crippen LogP contribution in [0.5, 0.6) is 0 Å². The van der Waals surface area contributed by atoms with Crippen LogP contribution >= 0.6 is 0 Å². The standard InChI is InChI=1S/C10H19FN2O2/c1-9(2,3)7(13-8(14)15)10(11)4-5-12-6-10/h7,12-13H,4-6H2,1-3H3,(H,14,15).